The first-order chi connectivity index (χ1) is 20.3. The summed E-state index contributed by atoms with van der Waals surface area (Å²) in [5, 5.41) is 17.5. The summed E-state index contributed by atoms with van der Waals surface area (Å²) in [6, 6.07) is 22.3. The highest BCUT2D eigenvalue weighted by atomic mass is 127. The van der Waals surface area contributed by atoms with Gasteiger partial charge in [0.2, 0.25) is 5.91 Å². The third-order valence-corrected chi connectivity index (χ3v) is 8.13. The minimum absolute atomic E-state index is 0.185. The summed E-state index contributed by atoms with van der Waals surface area (Å²) >= 11 is 2.23. The van der Waals surface area contributed by atoms with Gasteiger partial charge in [0, 0.05) is 6.42 Å². The van der Waals surface area contributed by atoms with E-state index in [2.05, 4.69) is 98.9 Å². The topological polar surface area (TPSA) is 80.2 Å². The Morgan fingerprint density at radius 1 is 0.953 bits per heavy atom. The fourth-order valence-electron chi connectivity index (χ4n) is 5.00. The van der Waals surface area contributed by atoms with E-state index in [4.69, 9.17) is 9.47 Å². The predicted molar refractivity (Wildman–Crippen MR) is 184 cm³/mol. The van der Waals surface area contributed by atoms with Crippen molar-refractivity contribution in [2.45, 2.75) is 71.8 Å². The average molecular weight is 693 g/mol. The highest BCUT2D eigenvalue weighted by molar-refractivity contribution is 14.1. The fourth-order valence-corrected chi connectivity index (χ4v) is 5.78. The van der Waals surface area contributed by atoms with Gasteiger partial charge in [-0.25, -0.2) is 5.43 Å². The molecule has 0 saturated carbocycles. The number of ether oxygens (including phenoxy) is 2. The van der Waals surface area contributed by atoms with Gasteiger partial charge in [-0.3, -0.25) is 4.79 Å². The fraction of sp³-hybridized carbons (Fsp3) is 0.333. The zero-order chi connectivity index (χ0) is 31.4. The van der Waals surface area contributed by atoms with Crippen LogP contribution in [0.25, 0.3) is 10.8 Å². The number of phenolic OH excluding ortho intramolecular Hbond substituents is 1. The summed E-state index contributed by atoms with van der Waals surface area (Å²) in [6.45, 7) is 12.9. The third-order valence-electron chi connectivity index (χ3n) is 7.33. The van der Waals surface area contributed by atoms with Crippen molar-refractivity contribution in [3.05, 3.63) is 98.1 Å². The number of hydrazone groups is 1. The molecule has 0 aliphatic carbocycles. The second-order valence-corrected chi connectivity index (χ2v) is 14.0. The lowest BCUT2D eigenvalue weighted by Gasteiger charge is -2.28. The molecule has 6 nitrogen and oxygen atoms in total. The van der Waals surface area contributed by atoms with Crippen LogP contribution in [0.3, 0.4) is 0 Å². The largest absolute Gasteiger partial charge is 0.507 e. The number of hydrogen-bond acceptors (Lipinski definition) is 5. The number of phenols is 1. The Balaban J connectivity index is 1.41. The first kappa shape index (κ1) is 32.3. The third kappa shape index (κ3) is 8.07. The van der Waals surface area contributed by atoms with Gasteiger partial charge in [-0.05, 0) is 90.6 Å². The first-order valence-corrected chi connectivity index (χ1v) is 15.5. The number of aryl methyl sites for hydroxylation is 1. The molecule has 0 aliphatic rings. The molecule has 4 rings (SSSR count). The van der Waals surface area contributed by atoms with Crippen LogP contribution in [0.15, 0.2) is 71.8 Å². The molecule has 0 radical (unpaired) electrons. The lowest BCUT2D eigenvalue weighted by Crippen LogP contribution is -2.20. The van der Waals surface area contributed by atoms with Crippen molar-refractivity contribution < 1.29 is 19.4 Å². The molecule has 0 unspecified atom stereocenters. The van der Waals surface area contributed by atoms with Gasteiger partial charge in [0.1, 0.15) is 12.4 Å². The Kier molecular flexibility index (Phi) is 10.1. The van der Waals surface area contributed by atoms with Crippen molar-refractivity contribution in [3.63, 3.8) is 0 Å². The molecule has 7 heteroatoms. The van der Waals surface area contributed by atoms with Crippen LogP contribution in [0.1, 0.15) is 75.8 Å². The highest BCUT2D eigenvalue weighted by Crippen LogP contribution is 2.40. The maximum absolute atomic E-state index is 12.7. The highest BCUT2D eigenvalue weighted by Gasteiger charge is 2.26. The van der Waals surface area contributed by atoms with E-state index in [1.54, 1.807) is 13.3 Å². The molecular formula is C36H41IN2O4. The molecular weight excluding hydrogens is 651 g/mol. The van der Waals surface area contributed by atoms with E-state index in [0.29, 0.717) is 30.3 Å². The molecule has 0 saturated heterocycles. The Bertz CT molecular complexity index is 1610. The van der Waals surface area contributed by atoms with Crippen molar-refractivity contribution in [3.8, 4) is 17.2 Å². The SMILES string of the molecule is COc1cc(/C=N\NC(=O)CCc2cc(C(C)(C)C)c(O)c(C(C)(C)C)c2)cc(I)c1OCc1cccc2ccccc12. The molecule has 0 heterocycles. The Morgan fingerprint density at radius 3 is 2.26 bits per heavy atom. The van der Waals surface area contributed by atoms with Crippen LogP contribution in [0, 0.1) is 3.57 Å². The molecule has 226 valence electrons. The molecule has 0 bridgehead atoms. The number of nitrogens with one attached hydrogen (secondary N) is 1. The Labute approximate surface area is 268 Å². The summed E-state index contributed by atoms with van der Waals surface area (Å²) in [5.74, 6) is 1.41. The molecule has 43 heavy (non-hydrogen) atoms. The van der Waals surface area contributed by atoms with Gasteiger partial charge in [-0.15, -0.1) is 0 Å². The zero-order valence-electron chi connectivity index (χ0n) is 26.0. The average Bonchev–Trinajstić information content (AvgIpc) is 2.94. The number of benzene rings is 4. The van der Waals surface area contributed by atoms with Crippen molar-refractivity contribution in [2.24, 2.45) is 5.10 Å². The number of nitrogens with zero attached hydrogens (tertiary/aromatic N) is 1. The number of carbonyl (C=O) groups excluding carboxylic acids is 1. The molecule has 1 amide bonds. The smallest absolute Gasteiger partial charge is 0.240 e. The van der Waals surface area contributed by atoms with Gasteiger partial charge >= 0.3 is 0 Å². The maximum Gasteiger partial charge on any atom is 0.240 e. The van der Waals surface area contributed by atoms with Crippen LogP contribution in [0.4, 0.5) is 0 Å². The lowest BCUT2D eigenvalue weighted by atomic mass is 9.78. The molecule has 0 aliphatic heterocycles. The van der Waals surface area contributed by atoms with E-state index in [0.717, 1.165) is 36.8 Å². The second kappa shape index (κ2) is 13.4. The van der Waals surface area contributed by atoms with Gasteiger partial charge in [0.25, 0.3) is 0 Å². The predicted octanol–water partition coefficient (Wildman–Crippen LogP) is 8.42. The van der Waals surface area contributed by atoms with Gasteiger partial charge in [0.05, 0.1) is 16.9 Å². The standard InChI is InChI=1S/C36H41IN2O4/c1-35(2,3)28-17-23(18-29(33(28)41)36(4,5)6)15-16-32(40)39-38-21-24-19-30(37)34(31(20-24)42-7)43-22-26-13-10-12-25-11-8-9-14-27(25)26/h8-14,17-21,41H,15-16,22H2,1-7H3,(H,39,40)/b38-21-. The number of fused-ring (bicyclic) bond motifs is 1. The van der Waals surface area contributed by atoms with Crippen LogP contribution in [0.2, 0.25) is 0 Å². The Morgan fingerprint density at radius 2 is 1.60 bits per heavy atom. The van der Waals surface area contributed by atoms with Crippen LogP contribution < -0.4 is 14.9 Å². The summed E-state index contributed by atoms with van der Waals surface area (Å²) in [5.41, 5.74) is 6.88. The first-order valence-electron chi connectivity index (χ1n) is 14.4. The van der Waals surface area contributed by atoms with Gasteiger partial charge in [-0.2, -0.15) is 5.10 Å². The van der Waals surface area contributed by atoms with Gasteiger partial charge in [-0.1, -0.05) is 96.1 Å². The zero-order valence-corrected chi connectivity index (χ0v) is 28.2. The number of aromatic hydroxyl groups is 1. The number of rotatable bonds is 9. The second-order valence-electron chi connectivity index (χ2n) is 12.8. The number of methoxy groups -OCH3 is 1. The van der Waals surface area contributed by atoms with E-state index >= 15 is 0 Å². The quantitative estimate of drug-likeness (QED) is 0.105. The van der Waals surface area contributed by atoms with E-state index in [1.807, 2.05) is 42.5 Å². The minimum atomic E-state index is -0.221. The van der Waals surface area contributed by atoms with E-state index in [1.165, 1.54) is 5.39 Å². The molecule has 4 aromatic rings. The molecule has 0 fully saturated rings. The van der Waals surface area contributed by atoms with Crippen LogP contribution in [-0.2, 0) is 28.7 Å². The van der Waals surface area contributed by atoms with Gasteiger partial charge in [0.15, 0.2) is 11.5 Å². The lowest BCUT2D eigenvalue weighted by molar-refractivity contribution is -0.121. The normalized spacial score (nSPS) is 12.1. The van der Waals surface area contributed by atoms with Crippen LogP contribution in [-0.4, -0.2) is 24.3 Å². The van der Waals surface area contributed by atoms with Crippen LogP contribution in [0.5, 0.6) is 17.2 Å². The van der Waals surface area contributed by atoms with Crippen molar-refractivity contribution >= 4 is 45.5 Å². The number of carbonyl (C=O) groups is 1. The molecule has 4 aromatic carbocycles. The Hall–Kier alpha value is -3.59. The van der Waals surface area contributed by atoms with E-state index < -0.39 is 0 Å². The monoisotopic (exact) mass is 692 g/mol. The maximum atomic E-state index is 12.7. The van der Waals surface area contributed by atoms with Crippen molar-refractivity contribution in [1.82, 2.24) is 5.43 Å². The van der Waals surface area contributed by atoms with Gasteiger partial charge < -0.3 is 14.6 Å². The summed E-state index contributed by atoms with van der Waals surface area (Å²) in [6.07, 6.45) is 2.42. The summed E-state index contributed by atoms with van der Waals surface area (Å²) in [4.78, 5) is 12.7. The minimum Gasteiger partial charge on any atom is -0.507 e. The molecule has 0 atom stereocenters. The molecule has 0 spiro atoms. The van der Waals surface area contributed by atoms with Crippen LogP contribution >= 0.6 is 22.6 Å². The summed E-state index contributed by atoms with van der Waals surface area (Å²) in [7, 11) is 1.61. The molecule has 0 aromatic heterocycles. The van der Waals surface area contributed by atoms with Crippen molar-refractivity contribution in [2.75, 3.05) is 7.11 Å². The summed E-state index contributed by atoms with van der Waals surface area (Å²) < 4.78 is 12.7. The molecule has 2 N–H and O–H groups in total. The van der Waals surface area contributed by atoms with Crippen molar-refractivity contribution in [1.29, 1.82) is 0 Å². The van der Waals surface area contributed by atoms with E-state index in [9.17, 15) is 9.90 Å². The number of amides is 1. The number of hydrogen-bond donors (Lipinski definition) is 2. The van der Waals surface area contributed by atoms with E-state index in [-0.39, 0.29) is 23.2 Å². The number of halogens is 1.